The van der Waals surface area contributed by atoms with Crippen LogP contribution in [0.5, 0.6) is 0 Å². The number of benzene rings is 2. The molecule has 2 rings (SSSR count). The van der Waals surface area contributed by atoms with Gasteiger partial charge < -0.3 is 4.80 Å². The first-order chi connectivity index (χ1) is 8.86. The van der Waals surface area contributed by atoms with Crippen LogP contribution in [0.1, 0.15) is 31.7 Å². The Bertz CT molecular complexity index is 540. The smallest absolute Gasteiger partial charge is 0.265 e. The van der Waals surface area contributed by atoms with Crippen LogP contribution in [0, 0.1) is 0 Å². The SMILES string of the molecule is CCCCC=C([Si]O)c1cccc2ccccc12. The highest BCUT2D eigenvalue weighted by atomic mass is 28.2. The summed E-state index contributed by atoms with van der Waals surface area (Å²) in [7, 11) is -0.138. The van der Waals surface area contributed by atoms with Gasteiger partial charge in [-0.3, -0.25) is 0 Å². The Labute approximate surface area is 111 Å². The number of allylic oxidation sites excluding steroid dienone is 1. The first kappa shape index (κ1) is 13.1. The molecule has 0 atom stereocenters. The molecule has 0 aliphatic carbocycles. The van der Waals surface area contributed by atoms with Crippen molar-refractivity contribution in [3.63, 3.8) is 0 Å². The summed E-state index contributed by atoms with van der Waals surface area (Å²) < 4.78 is 0. The molecule has 2 aromatic rings. The van der Waals surface area contributed by atoms with E-state index in [9.17, 15) is 4.80 Å². The van der Waals surface area contributed by atoms with E-state index in [1.165, 1.54) is 29.2 Å². The molecule has 0 unspecified atom stereocenters. The Morgan fingerprint density at radius 1 is 1.17 bits per heavy atom. The Balaban J connectivity index is 2.42. The summed E-state index contributed by atoms with van der Waals surface area (Å²) in [6, 6.07) is 14.6. The molecular formula is C16H18OSi. The molecule has 2 aromatic carbocycles. The van der Waals surface area contributed by atoms with Crippen LogP contribution >= 0.6 is 0 Å². The van der Waals surface area contributed by atoms with Crippen molar-refractivity contribution in [1.82, 2.24) is 0 Å². The van der Waals surface area contributed by atoms with E-state index >= 15 is 0 Å². The van der Waals surface area contributed by atoms with Crippen molar-refractivity contribution >= 4 is 25.7 Å². The fourth-order valence-electron chi connectivity index (χ4n) is 2.13. The van der Waals surface area contributed by atoms with E-state index in [0.29, 0.717) is 0 Å². The van der Waals surface area contributed by atoms with Gasteiger partial charge in [0.25, 0.3) is 9.76 Å². The highest BCUT2D eigenvalue weighted by molar-refractivity contribution is 6.54. The molecule has 0 amide bonds. The topological polar surface area (TPSA) is 20.2 Å². The van der Waals surface area contributed by atoms with E-state index in [-0.39, 0.29) is 9.76 Å². The molecule has 0 fully saturated rings. The van der Waals surface area contributed by atoms with E-state index in [4.69, 9.17) is 0 Å². The molecule has 0 aromatic heterocycles. The van der Waals surface area contributed by atoms with Crippen LogP contribution in [-0.4, -0.2) is 14.6 Å². The third-order valence-electron chi connectivity index (χ3n) is 3.11. The van der Waals surface area contributed by atoms with Gasteiger partial charge in [0.2, 0.25) is 0 Å². The second kappa shape index (κ2) is 6.52. The highest BCUT2D eigenvalue weighted by Crippen LogP contribution is 2.24. The third kappa shape index (κ3) is 2.89. The molecule has 92 valence electrons. The Kier molecular flexibility index (Phi) is 4.73. The summed E-state index contributed by atoms with van der Waals surface area (Å²) >= 11 is 0. The van der Waals surface area contributed by atoms with Gasteiger partial charge in [-0.1, -0.05) is 68.3 Å². The maximum atomic E-state index is 9.60. The molecular weight excluding hydrogens is 236 g/mol. The van der Waals surface area contributed by atoms with Crippen molar-refractivity contribution in [3.8, 4) is 0 Å². The lowest BCUT2D eigenvalue weighted by atomic mass is 10.0. The number of fused-ring (bicyclic) bond motifs is 1. The van der Waals surface area contributed by atoms with Gasteiger partial charge in [0.05, 0.1) is 0 Å². The van der Waals surface area contributed by atoms with Gasteiger partial charge in [0, 0.05) is 0 Å². The quantitative estimate of drug-likeness (QED) is 0.632. The average molecular weight is 254 g/mol. The van der Waals surface area contributed by atoms with E-state index in [1.54, 1.807) is 0 Å². The molecule has 1 nitrogen and oxygen atoms in total. The van der Waals surface area contributed by atoms with Crippen LogP contribution in [0.4, 0.5) is 0 Å². The van der Waals surface area contributed by atoms with E-state index in [2.05, 4.69) is 49.4 Å². The zero-order valence-corrected chi connectivity index (χ0v) is 11.7. The van der Waals surface area contributed by atoms with Gasteiger partial charge in [-0.25, -0.2) is 0 Å². The van der Waals surface area contributed by atoms with Crippen molar-refractivity contribution in [2.75, 3.05) is 0 Å². The molecule has 1 N–H and O–H groups in total. The van der Waals surface area contributed by atoms with Gasteiger partial charge in [-0.15, -0.1) is 0 Å². The summed E-state index contributed by atoms with van der Waals surface area (Å²) in [6.45, 7) is 2.19. The molecule has 0 aliphatic heterocycles. The van der Waals surface area contributed by atoms with Crippen LogP contribution in [0.2, 0.25) is 0 Å². The first-order valence-corrected chi connectivity index (χ1v) is 7.40. The number of unbranched alkanes of at least 4 members (excludes halogenated alkanes) is 2. The standard InChI is InChI=1S/C16H18OSi/c1-2-3-4-12-16(18-17)15-11-7-9-13-8-5-6-10-14(13)15/h5-12,17H,2-4H2,1H3. The lowest BCUT2D eigenvalue weighted by molar-refractivity contribution is 0.616. The predicted octanol–water partition coefficient (Wildman–Crippen LogP) is 3.98. The number of hydrogen-bond acceptors (Lipinski definition) is 1. The normalized spacial score (nSPS) is 12.0. The molecule has 2 radical (unpaired) electrons. The molecule has 0 heterocycles. The maximum absolute atomic E-state index is 9.60. The van der Waals surface area contributed by atoms with Gasteiger partial charge in [-0.05, 0) is 28.0 Å². The van der Waals surface area contributed by atoms with Crippen molar-refractivity contribution in [2.24, 2.45) is 0 Å². The molecule has 18 heavy (non-hydrogen) atoms. The summed E-state index contributed by atoms with van der Waals surface area (Å²) in [5, 5.41) is 3.53. The van der Waals surface area contributed by atoms with Gasteiger partial charge in [0.1, 0.15) is 0 Å². The van der Waals surface area contributed by atoms with Crippen LogP contribution in [0.15, 0.2) is 48.5 Å². The number of hydrogen-bond donors (Lipinski definition) is 1. The lowest BCUT2D eigenvalue weighted by Crippen LogP contribution is -1.96. The largest absolute Gasteiger partial charge is 0.428 e. The van der Waals surface area contributed by atoms with E-state index in [1.807, 2.05) is 6.07 Å². The van der Waals surface area contributed by atoms with Crippen molar-refractivity contribution in [1.29, 1.82) is 0 Å². The minimum atomic E-state index is -0.138. The second-order valence-electron chi connectivity index (χ2n) is 4.40. The Hall–Kier alpha value is -1.38. The van der Waals surface area contributed by atoms with Crippen LogP contribution in [0.3, 0.4) is 0 Å². The van der Waals surface area contributed by atoms with E-state index in [0.717, 1.165) is 11.6 Å². The summed E-state index contributed by atoms with van der Waals surface area (Å²) in [4.78, 5) is 9.60. The van der Waals surface area contributed by atoms with Crippen molar-refractivity contribution < 1.29 is 4.80 Å². The molecule has 0 saturated carbocycles. The summed E-state index contributed by atoms with van der Waals surface area (Å²) in [5.74, 6) is 0. The molecule has 0 saturated heterocycles. The zero-order valence-electron chi connectivity index (χ0n) is 10.7. The monoisotopic (exact) mass is 254 g/mol. The second-order valence-corrected chi connectivity index (χ2v) is 5.16. The minimum absolute atomic E-state index is 0.138. The van der Waals surface area contributed by atoms with E-state index < -0.39 is 0 Å². The van der Waals surface area contributed by atoms with Gasteiger partial charge in [-0.2, -0.15) is 0 Å². The average Bonchev–Trinajstić information content (AvgIpc) is 2.43. The van der Waals surface area contributed by atoms with Gasteiger partial charge >= 0.3 is 0 Å². The Morgan fingerprint density at radius 3 is 2.72 bits per heavy atom. The maximum Gasteiger partial charge on any atom is 0.265 e. The van der Waals surface area contributed by atoms with Gasteiger partial charge in [0.15, 0.2) is 0 Å². The predicted molar refractivity (Wildman–Crippen MR) is 79.4 cm³/mol. The summed E-state index contributed by atoms with van der Waals surface area (Å²) in [5.41, 5.74) is 1.17. The molecule has 0 aliphatic rings. The van der Waals surface area contributed by atoms with Crippen molar-refractivity contribution in [3.05, 3.63) is 54.1 Å². The van der Waals surface area contributed by atoms with Crippen LogP contribution in [-0.2, 0) is 0 Å². The molecule has 0 bridgehead atoms. The molecule has 2 heteroatoms. The summed E-state index contributed by atoms with van der Waals surface area (Å²) in [6.07, 6.45) is 5.60. The highest BCUT2D eigenvalue weighted by Gasteiger charge is 2.06. The zero-order chi connectivity index (χ0) is 12.8. The van der Waals surface area contributed by atoms with Crippen LogP contribution in [0.25, 0.3) is 16.0 Å². The molecule has 0 spiro atoms. The Morgan fingerprint density at radius 2 is 1.94 bits per heavy atom. The first-order valence-electron chi connectivity index (χ1n) is 6.45. The number of rotatable bonds is 5. The fraction of sp³-hybridized carbons (Fsp3) is 0.250. The van der Waals surface area contributed by atoms with Crippen molar-refractivity contribution in [2.45, 2.75) is 26.2 Å². The fourth-order valence-corrected chi connectivity index (χ4v) is 2.70. The third-order valence-corrected chi connectivity index (χ3v) is 3.82. The lowest BCUT2D eigenvalue weighted by Gasteiger charge is -2.08. The minimum Gasteiger partial charge on any atom is -0.428 e. The van der Waals surface area contributed by atoms with Crippen LogP contribution < -0.4 is 0 Å².